The van der Waals surface area contributed by atoms with Gasteiger partial charge < -0.3 is 9.47 Å². The standard InChI is InChI=1S/C39H67O4/c1-3-5-7-9-11-13-15-17-19-21-23-25-27-29-31-34-38(40)42-36-33-37-43-39(41)35-32-30-28-26-24-22-20-18-16-14-12-10-8-6-4-2/h11-14,17-20,33H,3-10,15-16,21-32,34-37H2,1-2H3/b13-11-,14-12-,19-17-,20-18-. The Morgan fingerprint density at radius 1 is 0.419 bits per heavy atom. The smallest absolute Gasteiger partial charge is 0.305 e. The first-order chi connectivity index (χ1) is 21.2. The van der Waals surface area contributed by atoms with Gasteiger partial charge in [0.2, 0.25) is 0 Å². The summed E-state index contributed by atoms with van der Waals surface area (Å²) >= 11 is 0. The van der Waals surface area contributed by atoms with Crippen molar-refractivity contribution in [1.82, 2.24) is 0 Å². The minimum absolute atomic E-state index is 0.168. The average molecular weight is 600 g/mol. The van der Waals surface area contributed by atoms with E-state index in [1.54, 1.807) is 6.42 Å². The van der Waals surface area contributed by atoms with Gasteiger partial charge in [0.15, 0.2) is 0 Å². The lowest BCUT2D eigenvalue weighted by Crippen LogP contribution is -2.11. The molecule has 0 amide bonds. The van der Waals surface area contributed by atoms with Crippen LogP contribution in [0.15, 0.2) is 48.6 Å². The van der Waals surface area contributed by atoms with Crippen molar-refractivity contribution in [3.05, 3.63) is 55.0 Å². The molecule has 0 aliphatic heterocycles. The van der Waals surface area contributed by atoms with Crippen LogP contribution in [0.4, 0.5) is 0 Å². The van der Waals surface area contributed by atoms with Crippen LogP contribution in [-0.2, 0) is 19.1 Å². The maximum absolute atomic E-state index is 11.9. The summed E-state index contributed by atoms with van der Waals surface area (Å²) in [6.07, 6.45) is 46.6. The Labute approximate surface area is 266 Å². The number of esters is 2. The number of hydrogen-bond donors (Lipinski definition) is 0. The maximum atomic E-state index is 11.9. The van der Waals surface area contributed by atoms with Crippen LogP contribution < -0.4 is 0 Å². The van der Waals surface area contributed by atoms with Crippen LogP contribution in [0.25, 0.3) is 0 Å². The second kappa shape index (κ2) is 36.1. The largest absolute Gasteiger partial charge is 0.465 e. The van der Waals surface area contributed by atoms with Crippen molar-refractivity contribution in [3.8, 4) is 0 Å². The number of ether oxygens (including phenoxy) is 2. The molecule has 0 bridgehead atoms. The fourth-order valence-corrected chi connectivity index (χ4v) is 4.66. The summed E-state index contributed by atoms with van der Waals surface area (Å²) < 4.78 is 10.4. The highest BCUT2D eigenvalue weighted by Gasteiger charge is 2.05. The number of unbranched alkanes of at least 4 members (excludes halogenated alkanes) is 16. The van der Waals surface area contributed by atoms with E-state index in [-0.39, 0.29) is 25.2 Å². The van der Waals surface area contributed by atoms with Crippen molar-refractivity contribution in [2.75, 3.05) is 13.2 Å². The third kappa shape index (κ3) is 36.0. The van der Waals surface area contributed by atoms with E-state index in [1.807, 2.05) is 0 Å². The predicted octanol–water partition coefficient (Wildman–Crippen LogP) is 11.9. The number of rotatable bonds is 32. The van der Waals surface area contributed by atoms with Gasteiger partial charge >= 0.3 is 11.9 Å². The first kappa shape index (κ1) is 40.9. The third-order valence-corrected chi connectivity index (χ3v) is 7.39. The van der Waals surface area contributed by atoms with Crippen molar-refractivity contribution in [3.63, 3.8) is 0 Å². The van der Waals surface area contributed by atoms with Gasteiger partial charge in [0.1, 0.15) is 0 Å². The molecule has 0 spiro atoms. The molecule has 0 N–H and O–H groups in total. The molecule has 43 heavy (non-hydrogen) atoms. The van der Waals surface area contributed by atoms with Crippen molar-refractivity contribution < 1.29 is 19.1 Å². The van der Waals surface area contributed by atoms with Crippen LogP contribution in [0.3, 0.4) is 0 Å². The molecule has 0 unspecified atom stereocenters. The highest BCUT2D eigenvalue weighted by Crippen LogP contribution is 2.10. The van der Waals surface area contributed by atoms with Gasteiger partial charge in [-0.1, -0.05) is 127 Å². The molecule has 0 aliphatic rings. The molecule has 0 fully saturated rings. The van der Waals surface area contributed by atoms with Crippen molar-refractivity contribution in [2.24, 2.45) is 0 Å². The Morgan fingerprint density at radius 2 is 0.744 bits per heavy atom. The van der Waals surface area contributed by atoms with E-state index in [9.17, 15) is 9.59 Å². The molecule has 4 nitrogen and oxygen atoms in total. The number of allylic oxidation sites excluding steroid dienone is 8. The van der Waals surface area contributed by atoms with Gasteiger partial charge in [-0.2, -0.15) is 0 Å². The zero-order valence-electron chi connectivity index (χ0n) is 28.2. The highest BCUT2D eigenvalue weighted by atomic mass is 16.5. The lowest BCUT2D eigenvalue weighted by Gasteiger charge is -2.06. The molecule has 0 heterocycles. The lowest BCUT2D eigenvalue weighted by atomic mass is 10.1. The maximum Gasteiger partial charge on any atom is 0.305 e. The first-order valence-electron chi connectivity index (χ1n) is 17.9. The Hall–Kier alpha value is -2.10. The summed E-state index contributed by atoms with van der Waals surface area (Å²) in [5.74, 6) is -0.336. The second-order valence-electron chi connectivity index (χ2n) is 11.6. The molecular weight excluding hydrogens is 532 g/mol. The van der Waals surface area contributed by atoms with Gasteiger partial charge in [0.25, 0.3) is 0 Å². The monoisotopic (exact) mass is 600 g/mol. The summed E-state index contributed by atoms with van der Waals surface area (Å²) in [5, 5.41) is 0. The van der Waals surface area contributed by atoms with E-state index >= 15 is 0 Å². The van der Waals surface area contributed by atoms with Gasteiger partial charge in [-0.15, -0.1) is 0 Å². The Bertz CT molecular complexity index is 659. The van der Waals surface area contributed by atoms with Crippen molar-refractivity contribution in [2.45, 2.75) is 168 Å². The zero-order chi connectivity index (χ0) is 31.3. The Balaban J connectivity index is 3.38. The van der Waals surface area contributed by atoms with Gasteiger partial charge in [0.05, 0.1) is 13.2 Å². The summed E-state index contributed by atoms with van der Waals surface area (Å²) in [6, 6.07) is 0. The quantitative estimate of drug-likeness (QED) is 0.0438. The topological polar surface area (TPSA) is 52.6 Å². The van der Waals surface area contributed by atoms with Crippen molar-refractivity contribution in [1.29, 1.82) is 0 Å². The van der Waals surface area contributed by atoms with E-state index in [1.165, 1.54) is 77.0 Å². The van der Waals surface area contributed by atoms with E-state index in [4.69, 9.17) is 9.47 Å². The molecule has 0 saturated carbocycles. The average Bonchev–Trinajstić information content (AvgIpc) is 3.00. The van der Waals surface area contributed by atoms with Gasteiger partial charge in [0, 0.05) is 19.3 Å². The molecule has 1 radical (unpaired) electrons. The van der Waals surface area contributed by atoms with Crippen LogP contribution >= 0.6 is 0 Å². The number of carbonyl (C=O) groups excluding carboxylic acids is 2. The molecule has 247 valence electrons. The molecule has 0 aliphatic carbocycles. The normalized spacial score (nSPS) is 12.0. The summed E-state index contributed by atoms with van der Waals surface area (Å²) in [6.45, 7) is 4.89. The van der Waals surface area contributed by atoms with Crippen LogP contribution in [0, 0.1) is 6.42 Å². The van der Waals surface area contributed by atoms with Gasteiger partial charge in [-0.25, -0.2) is 0 Å². The third-order valence-electron chi connectivity index (χ3n) is 7.39. The molecule has 0 atom stereocenters. The minimum atomic E-state index is -0.168. The predicted molar refractivity (Wildman–Crippen MR) is 185 cm³/mol. The second-order valence-corrected chi connectivity index (χ2v) is 11.6. The molecule has 0 aromatic carbocycles. The number of carbonyl (C=O) groups is 2. The van der Waals surface area contributed by atoms with E-state index in [0.717, 1.165) is 64.2 Å². The zero-order valence-corrected chi connectivity index (χ0v) is 28.2. The highest BCUT2D eigenvalue weighted by molar-refractivity contribution is 5.69. The van der Waals surface area contributed by atoms with Crippen LogP contribution in [0.2, 0.25) is 0 Å². The van der Waals surface area contributed by atoms with Crippen molar-refractivity contribution >= 4 is 11.9 Å². The Kier molecular flexibility index (Phi) is 34.3. The molecular formula is C39H67O4. The fraction of sp³-hybridized carbons (Fsp3) is 0.718. The summed E-state index contributed by atoms with van der Waals surface area (Å²) in [5.41, 5.74) is 0. The van der Waals surface area contributed by atoms with Gasteiger partial charge in [-0.05, 0) is 77.0 Å². The van der Waals surface area contributed by atoms with E-state index in [0.29, 0.717) is 12.8 Å². The van der Waals surface area contributed by atoms with E-state index in [2.05, 4.69) is 62.5 Å². The molecule has 0 aromatic rings. The minimum Gasteiger partial charge on any atom is -0.465 e. The molecule has 0 saturated heterocycles. The lowest BCUT2D eigenvalue weighted by molar-refractivity contribution is -0.144. The first-order valence-corrected chi connectivity index (χ1v) is 17.9. The van der Waals surface area contributed by atoms with Gasteiger partial charge in [-0.3, -0.25) is 9.59 Å². The van der Waals surface area contributed by atoms with Crippen LogP contribution in [-0.4, -0.2) is 25.2 Å². The SMILES string of the molecule is CCCCC/C=C\C/C=C\CCCCCCCC(=O)OC[CH]COC(=O)CCCCCCC/C=C\C/C=C\CCCCC. The van der Waals surface area contributed by atoms with Crippen LogP contribution in [0.1, 0.15) is 168 Å². The summed E-state index contributed by atoms with van der Waals surface area (Å²) in [7, 11) is 0. The fourth-order valence-electron chi connectivity index (χ4n) is 4.66. The molecule has 0 rings (SSSR count). The van der Waals surface area contributed by atoms with E-state index < -0.39 is 0 Å². The molecule has 4 heteroatoms. The Morgan fingerprint density at radius 3 is 1.12 bits per heavy atom. The van der Waals surface area contributed by atoms with Crippen LogP contribution in [0.5, 0.6) is 0 Å². The molecule has 0 aromatic heterocycles. The summed E-state index contributed by atoms with van der Waals surface area (Å²) in [4.78, 5) is 23.7. The number of hydrogen-bond acceptors (Lipinski definition) is 4.